The SMILES string of the molecule is C[N+](C)(C)c1ccc(C=C2CCCCC2=O)cc1. The van der Waals surface area contributed by atoms with E-state index in [0.717, 1.165) is 41.3 Å². The second-order valence-corrected chi connectivity index (χ2v) is 5.90. The highest BCUT2D eigenvalue weighted by molar-refractivity contribution is 6.00. The van der Waals surface area contributed by atoms with Gasteiger partial charge in [0.15, 0.2) is 5.78 Å². The van der Waals surface area contributed by atoms with Crippen LogP contribution < -0.4 is 4.48 Å². The third-order valence-electron chi connectivity index (χ3n) is 3.47. The molecule has 0 amide bonds. The third kappa shape index (κ3) is 3.08. The molecule has 2 rings (SSSR count). The Morgan fingerprint density at radius 1 is 1.00 bits per heavy atom. The summed E-state index contributed by atoms with van der Waals surface area (Å²) in [5.41, 5.74) is 3.41. The molecule has 0 aromatic heterocycles. The van der Waals surface area contributed by atoms with Crippen LogP contribution in [0.1, 0.15) is 31.2 Å². The second-order valence-electron chi connectivity index (χ2n) is 5.90. The minimum Gasteiger partial charge on any atom is -0.298 e. The largest absolute Gasteiger partial charge is 0.298 e. The molecule has 96 valence electrons. The Morgan fingerprint density at radius 3 is 2.17 bits per heavy atom. The van der Waals surface area contributed by atoms with Gasteiger partial charge in [-0.05, 0) is 60.7 Å². The van der Waals surface area contributed by atoms with Crippen LogP contribution in [0.4, 0.5) is 5.69 Å². The number of Topliss-reactive ketones (excluding diaryl/α,β-unsaturated/α-hetero) is 1. The topological polar surface area (TPSA) is 17.1 Å². The summed E-state index contributed by atoms with van der Waals surface area (Å²) >= 11 is 0. The van der Waals surface area contributed by atoms with Crippen molar-refractivity contribution in [3.63, 3.8) is 0 Å². The predicted molar refractivity (Wildman–Crippen MR) is 77.5 cm³/mol. The van der Waals surface area contributed by atoms with Crippen LogP contribution in [0.3, 0.4) is 0 Å². The summed E-state index contributed by atoms with van der Waals surface area (Å²) in [5, 5.41) is 0. The molecule has 0 spiro atoms. The van der Waals surface area contributed by atoms with Gasteiger partial charge in [-0.3, -0.25) is 9.28 Å². The van der Waals surface area contributed by atoms with E-state index in [2.05, 4.69) is 51.5 Å². The zero-order valence-corrected chi connectivity index (χ0v) is 11.6. The Balaban J connectivity index is 2.20. The molecule has 0 N–H and O–H groups in total. The molecule has 0 bridgehead atoms. The Kier molecular flexibility index (Phi) is 3.67. The summed E-state index contributed by atoms with van der Waals surface area (Å²) in [5.74, 6) is 0.330. The monoisotopic (exact) mass is 244 g/mol. The zero-order valence-electron chi connectivity index (χ0n) is 11.6. The molecule has 0 unspecified atom stereocenters. The summed E-state index contributed by atoms with van der Waals surface area (Å²) in [6.07, 6.45) is 5.92. The van der Waals surface area contributed by atoms with E-state index in [-0.39, 0.29) is 0 Å². The number of benzene rings is 1. The lowest BCUT2D eigenvalue weighted by molar-refractivity contribution is -0.116. The van der Waals surface area contributed by atoms with Gasteiger partial charge in [0.25, 0.3) is 0 Å². The van der Waals surface area contributed by atoms with Gasteiger partial charge in [0, 0.05) is 6.42 Å². The maximum atomic E-state index is 11.8. The fourth-order valence-corrected chi connectivity index (χ4v) is 2.27. The van der Waals surface area contributed by atoms with Crippen molar-refractivity contribution in [2.75, 3.05) is 21.1 Å². The molecule has 2 heteroatoms. The number of quaternary nitrogens is 1. The highest BCUT2D eigenvalue weighted by Gasteiger charge is 2.15. The van der Waals surface area contributed by atoms with Crippen LogP contribution in [0.15, 0.2) is 29.8 Å². The molecule has 1 aromatic rings. The molecule has 0 heterocycles. The minimum absolute atomic E-state index is 0.330. The molecule has 0 atom stereocenters. The molecule has 0 radical (unpaired) electrons. The Bertz CT molecular complexity index is 463. The fourth-order valence-electron chi connectivity index (χ4n) is 2.27. The summed E-state index contributed by atoms with van der Waals surface area (Å²) < 4.78 is 0.815. The summed E-state index contributed by atoms with van der Waals surface area (Å²) in [4.78, 5) is 11.8. The van der Waals surface area contributed by atoms with Gasteiger partial charge in [-0.1, -0.05) is 0 Å². The van der Waals surface area contributed by atoms with Gasteiger partial charge in [0.1, 0.15) is 5.69 Å². The fraction of sp³-hybridized carbons (Fsp3) is 0.438. The number of carbonyl (C=O) groups excluding carboxylic acids is 1. The van der Waals surface area contributed by atoms with Crippen LogP contribution in [-0.2, 0) is 4.79 Å². The number of nitrogens with zero attached hydrogens (tertiary/aromatic N) is 1. The highest BCUT2D eigenvalue weighted by atomic mass is 16.1. The molecular weight excluding hydrogens is 222 g/mol. The molecular formula is C16H22NO+. The van der Waals surface area contributed by atoms with Gasteiger partial charge in [0.2, 0.25) is 0 Å². The van der Waals surface area contributed by atoms with Crippen molar-refractivity contribution < 1.29 is 4.79 Å². The quantitative estimate of drug-likeness (QED) is 0.575. The van der Waals surface area contributed by atoms with Gasteiger partial charge < -0.3 is 0 Å². The van der Waals surface area contributed by atoms with Crippen LogP contribution in [0.5, 0.6) is 0 Å². The van der Waals surface area contributed by atoms with Crippen molar-refractivity contribution in [3.8, 4) is 0 Å². The first kappa shape index (κ1) is 13.0. The van der Waals surface area contributed by atoms with E-state index in [1.165, 1.54) is 5.69 Å². The maximum absolute atomic E-state index is 11.8. The van der Waals surface area contributed by atoms with E-state index < -0.39 is 0 Å². The molecule has 0 aliphatic heterocycles. The predicted octanol–water partition coefficient (Wildman–Crippen LogP) is 3.41. The van der Waals surface area contributed by atoms with Gasteiger partial charge in [-0.15, -0.1) is 0 Å². The van der Waals surface area contributed by atoms with Crippen LogP contribution in [0.25, 0.3) is 6.08 Å². The van der Waals surface area contributed by atoms with Crippen molar-refractivity contribution >= 4 is 17.5 Å². The first-order valence-electron chi connectivity index (χ1n) is 6.63. The van der Waals surface area contributed by atoms with Crippen molar-refractivity contribution in [2.45, 2.75) is 25.7 Å². The summed E-state index contributed by atoms with van der Waals surface area (Å²) in [6, 6.07) is 8.49. The molecule has 1 fully saturated rings. The van der Waals surface area contributed by atoms with Crippen LogP contribution in [0.2, 0.25) is 0 Å². The number of allylic oxidation sites excluding steroid dienone is 1. The zero-order chi connectivity index (χ0) is 13.2. The smallest absolute Gasteiger partial charge is 0.158 e. The van der Waals surface area contributed by atoms with Crippen molar-refractivity contribution in [3.05, 3.63) is 35.4 Å². The lowest BCUT2D eigenvalue weighted by atomic mass is 9.92. The number of carbonyl (C=O) groups is 1. The molecule has 0 saturated heterocycles. The van der Waals surface area contributed by atoms with Gasteiger partial charge in [0.05, 0.1) is 21.1 Å². The Morgan fingerprint density at radius 2 is 1.61 bits per heavy atom. The molecule has 1 aliphatic carbocycles. The normalized spacial score (nSPS) is 19.3. The third-order valence-corrected chi connectivity index (χ3v) is 3.47. The number of rotatable bonds is 2. The van der Waals surface area contributed by atoms with Crippen LogP contribution >= 0.6 is 0 Å². The first-order chi connectivity index (χ1) is 8.47. The molecule has 1 saturated carbocycles. The van der Waals surface area contributed by atoms with Gasteiger partial charge in [-0.2, -0.15) is 0 Å². The highest BCUT2D eigenvalue weighted by Crippen LogP contribution is 2.23. The molecule has 1 aliphatic rings. The van der Waals surface area contributed by atoms with E-state index in [4.69, 9.17) is 0 Å². The van der Waals surface area contributed by atoms with Crippen LogP contribution in [-0.4, -0.2) is 26.9 Å². The molecule has 18 heavy (non-hydrogen) atoms. The van der Waals surface area contributed by atoms with E-state index in [1.807, 2.05) is 0 Å². The number of hydrogen-bond donors (Lipinski definition) is 0. The van der Waals surface area contributed by atoms with Crippen LogP contribution in [0, 0.1) is 0 Å². The standard InChI is InChI=1S/C16H22NO/c1-17(2,3)15-10-8-13(9-11-15)12-14-6-4-5-7-16(14)18/h8-12H,4-7H2,1-3H3/q+1. The lowest BCUT2D eigenvalue weighted by Gasteiger charge is -2.23. The van der Waals surface area contributed by atoms with E-state index >= 15 is 0 Å². The molecule has 2 nitrogen and oxygen atoms in total. The molecule has 1 aromatic carbocycles. The Hall–Kier alpha value is -1.41. The minimum atomic E-state index is 0.330. The summed E-state index contributed by atoms with van der Waals surface area (Å²) in [7, 11) is 6.45. The van der Waals surface area contributed by atoms with Crippen molar-refractivity contribution in [1.82, 2.24) is 4.48 Å². The second kappa shape index (κ2) is 5.07. The van der Waals surface area contributed by atoms with E-state index in [0.29, 0.717) is 5.78 Å². The number of hydrogen-bond acceptors (Lipinski definition) is 1. The maximum Gasteiger partial charge on any atom is 0.158 e. The average Bonchev–Trinajstić information content (AvgIpc) is 2.32. The average molecular weight is 244 g/mol. The van der Waals surface area contributed by atoms with Gasteiger partial charge in [-0.25, -0.2) is 0 Å². The van der Waals surface area contributed by atoms with E-state index in [1.54, 1.807) is 0 Å². The van der Waals surface area contributed by atoms with Crippen molar-refractivity contribution in [1.29, 1.82) is 0 Å². The summed E-state index contributed by atoms with van der Waals surface area (Å²) in [6.45, 7) is 0. The van der Waals surface area contributed by atoms with Gasteiger partial charge >= 0.3 is 0 Å². The van der Waals surface area contributed by atoms with Crippen molar-refractivity contribution in [2.24, 2.45) is 0 Å². The number of ketones is 1. The van der Waals surface area contributed by atoms with E-state index in [9.17, 15) is 4.79 Å². The first-order valence-corrected chi connectivity index (χ1v) is 6.63. The lowest BCUT2D eigenvalue weighted by Crippen LogP contribution is -2.34. The Labute approximate surface area is 110 Å².